The molecular formula is C18H22ClN5O4S. The van der Waals surface area contributed by atoms with Gasteiger partial charge < -0.3 is 15.0 Å². The van der Waals surface area contributed by atoms with E-state index in [2.05, 4.69) is 20.1 Å². The van der Waals surface area contributed by atoms with Crippen LogP contribution >= 0.6 is 11.6 Å². The first-order valence-electron chi connectivity index (χ1n) is 8.83. The normalized spacial score (nSPS) is 12.1. The molecule has 0 aliphatic heterocycles. The molecule has 3 aromatic rings. The Morgan fingerprint density at radius 3 is 2.83 bits per heavy atom. The van der Waals surface area contributed by atoms with Crippen molar-refractivity contribution in [1.29, 1.82) is 0 Å². The van der Waals surface area contributed by atoms with Crippen molar-refractivity contribution in [2.45, 2.75) is 37.8 Å². The molecule has 9 nitrogen and oxygen atoms in total. The number of amides is 1. The molecule has 0 spiro atoms. The quantitative estimate of drug-likeness (QED) is 0.544. The monoisotopic (exact) mass is 439 g/mol. The summed E-state index contributed by atoms with van der Waals surface area (Å²) < 4.78 is 34.5. The fourth-order valence-corrected chi connectivity index (χ4v) is 3.84. The summed E-state index contributed by atoms with van der Waals surface area (Å²) in [5.74, 6) is 0. The van der Waals surface area contributed by atoms with Crippen molar-refractivity contribution >= 4 is 44.3 Å². The Morgan fingerprint density at radius 1 is 1.34 bits per heavy atom. The number of halogens is 1. The zero-order valence-corrected chi connectivity index (χ0v) is 17.8. The number of hydrogen-bond donors (Lipinski definition) is 3. The lowest BCUT2D eigenvalue weighted by Crippen LogP contribution is -2.34. The van der Waals surface area contributed by atoms with Gasteiger partial charge in [-0.1, -0.05) is 23.7 Å². The molecule has 2 heterocycles. The molecule has 3 rings (SSSR count). The lowest BCUT2D eigenvalue weighted by atomic mass is 10.2. The molecule has 1 amide bonds. The highest BCUT2D eigenvalue weighted by molar-refractivity contribution is 7.92. The molecule has 0 fully saturated rings. The minimum Gasteiger partial charge on any atom is -0.444 e. The molecule has 0 saturated heterocycles. The van der Waals surface area contributed by atoms with Gasteiger partial charge in [0.2, 0.25) is 0 Å². The maximum atomic E-state index is 12.7. The van der Waals surface area contributed by atoms with Crippen LogP contribution in [0, 0.1) is 0 Å². The zero-order valence-electron chi connectivity index (χ0n) is 16.2. The van der Waals surface area contributed by atoms with Crippen molar-refractivity contribution < 1.29 is 17.9 Å². The fraction of sp³-hybridized carbons (Fsp3) is 0.333. The number of rotatable bonds is 6. The van der Waals surface area contributed by atoms with Crippen LogP contribution < -0.4 is 10.0 Å². The molecule has 3 N–H and O–H groups in total. The summed E-state index contributed by atoms with van der Waals surface area (Å²) >= 11 is 6.08. The summed E-state index contributed by atoms with van der Waals surface area (Å²) in [7, 11) is -3.85. The number of nitrogens with zero attached hydrogens (tertiary/aromatic N) is 2. The third-order valence-electron chi connectivity index (χ3n) is 3.84. The van der Waals surface area contributed by atoms with E-state index in [1.807, 2.05) is 0 Å². The average molecular weight is 440 g/mol. The van der Waals surface area contributed by atoms with E-state index in [0.29, 0.717) is 16.2 Å². The highest BCUT2D eigenvalue weighted by atomic mass is 35.5. The van der Waals surface area contributed by atoms with Crippen molar-refractivity contribution in [2.24, 2.45) is 0 Å². The van der Waals surface area contributed by atoms with E-state index >= 15 is 0 Å². The SMILES string of the molecule is CC(C)(C)OC(=O)NCCn1cc(S(=O)(=O)Nc2cccc3c(Cl)c[nH]c23)cn1. The zero-order chi connectivity index (χ0) is 21.2. The highest BCUT2D eigenvalue weighted by Gasteiger charge is 2.19. The van der Waals surface area contributed by atoms with E-state index in [4.69, 9.17) is 16.3 Å². The molecule has 0 aliphatic carbocycles. The van der Waals surface area contributed by atoms with Gasteiger partial charge in [-0.3, -0.25) is 9.40 Å². The lowest BCUT2D eigenvalue weighted by molar-refractivity contribution is 0.0525. The number of carbonyl (C=O) groups is 1. The maximum Gasteiger partial charge on any atom is 0.407 e. The molecule has 0 unspecified atom stereocenters. The van der Waals surface area contributed by atoms with Gasteiger partial charge in [0.05, 0.1) is 29.0 Å². The number of fused-ring (bicyclic) bond motifs is 1. The van der Waals surface area contributed by atoms with Crippen molar-refractivity contribution in [2.75, 3.05) is 11.3 Å². The molecule has 29 heavy (non-hydrogen) atoms. The molecule has 0 atom stereocenters. The van der Waals surface area contributed by atoms with Gasteiger partial charge in [0, 0.05) is 24.3 Å². The summed E-state index contributed by atoms with van der Waals surface area (Å²) in [4.78, 5) is 14.6. The molecule has 0 radical (unpaired) electrons. The number of hydrogen-bond acceptors (Lipinski definition) is 5. The summed E-state index contributed by atoms with van der Waals surface area (Å²) in [6.07, 6.45) is 3.69. The van der Waals surface area contributed by atoms with Gasteiger partial charge in [-0.2, -0.15) is 5.10 Å². The number of anilines is 1. The fourth-order valence-electron chi connectivity index (χ4n) is 2.60. The number of H-pyrrole nitrogens is 1. The Bertz CT molecular complexity index is 1130. The van der Waals surface area contributed by atoms with Gasteiger partial charge in [-0.15, -0.1) is 0 Å². The molecule has 11 heteroatoms. The topological polar surface area (TPSA) is 118 Å². The van der Waals surface area contributed by atoms with Gasteiger partial charge in [0.15, 0.2) is 0 Å². The second kappa shape index (κ2) is 7.96. The summed E-state index contributed by atoms with van der Waals surface area (Å²) in [6, 6.07) is 5.15. The molecular weight excluding hydrogens is 418 g/mol. The first kappa shape index (κ1) is 21.0. The van der Waals surface area contributed by atoms with Gasteiger partial charge in [-0.25, -0.2) is 13.2 Å². The van der Waals surface area contributed by atoms with Crippen LogP contribution in [0.2, 0.25) is 5.02 Å². The average Bonchev–Trinajstić information content (AvgIpc) is 3.22. The van der Waals surface area contributed by atoms with Crippen LogP contribution in [0.4, 0.5) is 10.5 Å². The van der Waals surface area contributed by atoms with Crippen LogP contribution in [0.5, 0.6) is 0 Å². The number of nitrogens with one attached hydrogen (secondary N) is 3. The van der Waals surface area contributed by atoms with Crippen LogP contribution in [0.1, 0.15) is 20.8 Å². The predicted molar refractivity (Wildman–Crippen MR) is 111 cm³/mol. The minimum absolute atomic E-state index is 0.00410. The van der Waals surface area contributed by atoms with Gasteiger partial charge >= 0.3 is 6.09 Å². The van der Waals surface area contributed by atoms with Gasteiger partial charge in [-0.05, 0) is 26.8 Å². The number of para-hydroxylation sites is 1. The Kier molecular flexibility index (Phi) is 5.76. The Labute approximate surface area is 173 Å². The number of ether oxygens (including phenoxy) is 1. The largest absolute Gasteiger partial charge is 0.444 e. The molecule has 0 saturated carbocycles. The van der Waals surface area contributed by atoms with Crippen LogP contribution in [0.15, 0.2) is 41.7 Å². The van der Waals surface area contributed by atoms with Crippen LogP contribution in [-0.2, 0) is 21.3 Å². The predicted octanol–water partition coefficient (Wildman–Crippen LogP) is 3.34. The van der Waals surface area contributed by atoms with Gasteiger partial charge in [0.25, 0.3) is 10.0 Å². The summed E-state index contributed by atoms with van der Waals surface area (Å²) in [5, 5.41) is 7.86. The molecule has 0 aliphatic rings. The smallest absolute Gasteiger partial charge is 0.407 e. The standard InChI is InChI=1S/C18H22ClN5O4S/c1-18(2,3)28-17(25)20-7-8-24-11-12(9-22-24)29(26,27)23-15-6-4-5-13-14(19)10-21-16(13)15/h4-6,9-11,21,23H,7-8H2,1-3H3,(H,20,25). The van der Waals surface area contributed by atoms with E-state index in [0.717, 1.165) is 5.39 Å². The summed E-state index contributed by atoms with van der Waals surface area (Å²) in [6.45, 7) is 5.84. The molecule has 2 aromatic heterocycles. The van der Waals surface area contributed by atoms with Crippen LogP contribution in [0.25, 0.3) is 10.9 Å². The first-order chi connectivity index (χ1) is 13.5. The Hall–Kier alpha value is -2.72. The second-order valence-electron chi connectivity index (χ2n) is 7.34. The highest BCUT2D eigenvalue weighted by Crippen LogP contribution is 2.29. The van der Waals surface area contributed by atoms with Crippen molar-refractivity contribution in [3.8, 4) is 0 Å². The third-order valence-corrected chi connectivity index (χ3v) is 5.47. The maximum absolute atomic E-state index is 12.7. The number of aromatic nitrogens is 3. The molecule has 0 bridgehead atoms. The van der Waals surface area contributed by atoms with E-state index in [-0.39, 0.29) is 18.0 Å². The number of aromatic amines is 1. The number of benzene rings is 1. The van der Waals surface area contributed by atoms with E-state index in [1.165, 1.54) is 17.1 Å². The van der Waals surface area contributed by atoms with Crippen LogP contribution in [-0.4, -0.2) is 41.4 Å². The lowest BCUT2D eigenvalue weighted by Gasteiger charge is -2.19. The van der Waals surface area contributed by atoms with Crippen molar-refractivity contribution in [3.05, 3.63) is 41.8 Å². The van der Waals surface area contributed by atoms with E-state index < -0.39 is 21.7 Å². The van der Waals surface area contributed by atoms with Crippen molar-refractivity contribution in [3.63, 3.8) is 0 Å². The Morgan fingerprint density at radius 2 is 2.10 bits per heavy atom. The third kappa shape index (κ3) is 5.21. The number of carbonyl (C=O) groups excluding carboxylic acids is 1. The second-order valence-corrected chi connectivity index (χ2v) is 9.43. The number of alkyl carbamates (subject to hydrolysis) is 1. The van der Waals surface area contributed by atoms with E-state index in [1.54, 1.807) is 45.2 Å². The first-order valence-corrected chi connectivity index (χ1v) is 10.7. The minimum atomic E-state index is -3.85. The van der Waals surface area contributed by atoms with E-state index in [9.17, 15) is 13.2 Å². The summed E-state index contributed by atoms with van der Waals surface area (Å²) in [5.41, 5.74) is 0.387. The van der Waals surface area contributed by atoms with Crippen molar-refractivity contribution in [1.82, 2.24) is 20.1 Å². The Balaban J connectivity index is 1.65. The molecule has 1 aromatic carbocycles. The van der Waals surface area contributed by atoms with Gasteiger partial charge in [0.1, 0.15) is 10.5 Å². The number of sulfonamides is 1. The van der Waals surface area contributed by atoms with Crippen LogP contribution in [0.3, 0.4) is 0 Å². The molecule has 156 valence electrons.